The number of hydrogen-bond donors (Lipinski definition) is 2. The molecule has 0 heterocycles. The lowest BCUT2D eigenvalue weighted by molar-refractivity contribution is 0.123. The molecule has 1 saturated carbocycles. The summed E-state index contributed by atoms with van der Waals surface area (Å²) in [6, 6.07) is 6.13. The predicted molar refractivity (Wildman–Crippen MR) is 105 cm³/mol. The topological polar surface area (TPSA) is 54.9 Å². The molecule has 1 fully saturated rings. The van der Waals surface area contributed by atoms with Crippen LogP contribution in [0.25, 0.3) is 0 Å². The first-order valence-electron chi connectivity index (χ1n) is 8.18. The Kier molecular flexibility index (Phi) is 10.7. The van der Waals surface area contributed by atoms with E-state index < -0.39 is 0 Å². The average Bonchev–Trinajstić information content (AvgIpc) is 3.37. The van der Waals surface area contributed by atoms with Crippen LogP contribution in [0.4, 0.5) is 4.39 Å². The van der Waals surface area contributed by atoms with Crippen molar-refractivity contribution >= 4 is 29.9 Å². The van der Waals surface area contributed by atoms with Gasteiger partial charge < -0.3 is 20.1 Å². The van der Waals surface area contributed by atoms with E-state index in [1.165, 1.54) is 25.0 Å². The molecule has 0 spiro atoms. The minimum absolute atomic E-state index is 0. The van der Waals surface area contributed by atoms with Crippen LogP contribution < -0.4 is 15.4 Å². The van der Waals surface area contributed by atoms with E-state index in [-0.39, 0.29) is 29.8 Å². The summed E-state index contributed by atoms with van der Waals surface area (Å²) in [5.74, 6) is 1.78. The summed E-state index contributed by atoms with van der Waals surface area (Å²) in [5, 5.41) is 6.38. The number of nitrogens with zero attached hydrogens (tertiary/aromatic N) is 1. The third-order valence-corrected chi connectivity index (χ3v) is 3.49. The van der Waals surface area contributed by atoms with Gasteiger partial charge in [-0.05, 0) is 37.3 Å². The monoisotopic (exact) mass is 451 g/mol. The minimum atomic E-state index is -0.295. The van der Waals surface area contributed by atoms with Gasteiger partial charge in [-0.3, -0.25) is 4.99 Å². The van der Waals surface area contributed by atoms with E-state index in [4.69, 9.17) is 9.47 Å². The maximum atomic E-state index is 13.0. The van der Waals surface area contributed by atoms with Crippen molar-refractivity contribution in [3.63, 3.8) is 0 Å². The van der Waals surface area contributed by atoms with Gasteiger partial charge in [-0.1, -0.05) is 6.07 Å². The number of halogens is 2. The number of hydrogen-bond acceptors (Lipinski definition) is 3. The Morgan fingerprint density at radius 1 is 1.25 bits per heavy atom. The number of rotatable bonds is 10. The molecule has 1 aliphatic carbocycles. The maximum Gasteiger partial charge on any atom is 0.191 e. The molecule has 1 aliphatic rings. The number of aliphatic imine (C=N–C) groups is 1. The molecule has 2 rings (SSSR count). The Hall–Kier alpha value is -1.09. The number of nitrogens with one attached hydrogen (secondary N) is 2. The zero-order valence-corrected chi connectivity index (χ0v) is 16.4. The fourth-order valence-corrected chi connectivity index (χ4v) is 2.03. The van der Waals surface area contributed by atoms with E-state index >= 15 is 0 Å². The summed E-state index contributed by atoms with van der Waals surface area (Å²) in [4.78, 5) is 4.14. The van der Waals surface area contributed by atoms with E-state index in [0.717, 1.165) is 38.1 Å². The molecule has 1 aromatic carbocycles. The fourth-order valence-electron chi connectivity index (χ4n) is 2.03. The summed E-state index contributed by atoms with van der Waals surface area (Å²) in [7, 11) is 1.73. The predicted octanol–water partition coefficient (Wildman–Crippen LogP) is 2.80. The van der Waals surface area contributed by atoms with Crippen LogP contribution in [0.5, 0.6) is 5.75 Å². The average molecular weight is 451 g/mol. The molecule has 0 amide bonds. The fraction of sp³-hybridized carbons (Fsp3) is 0.588. The van der Waals surface area contributed by atoms with Gasteiger partial charge in [0.15, 0.2) is 5.96 Å². The summed E-state index contributed by atoms with van der Waals surface area (Å²) >= 11 is 0. The van der Waals surface area contributed by atoms with Crippen LogP contribution >= 0.6 is 24.0 Å². The van der Waals surface area contributed by atoms with Crippen molar-refractivity contribution in [2.45, 2.75) is 19.3 Å². The van der Waals surface area contributed by atoms with Gasteiger partial charge in [0, 0.05) is 32.9 Å². The SMILES string of the molecule is CN=C(NCCCOCC1CC1)NCCOc1cccc(F)c1.I. The van der Waals surface area contributed by atoms with E-state index in [9.17, 15) is 4.39 Å². The first-order valence-corrected chi connectivity index (χ1v) is 8.18. The highest BCUT2D eigenvalue weighted by molar-refractivity contribution is 14.0. The largest absolute Gasteiger partial charge is 0.492 e. The van der Waals surface area contributed by atoms with Crippen molar-refractivity contribution in [3.05, 3.63) is 30.1 Å². The molecule has 0 unspecified atom stereocenters. The molecular weight excluding hydrogens is 424 g/mol. The van der Waals surface area contributed by atoms with Gasteiger partial charge in [0.1, 0.15) is 18.2 Å². The van der Waals surface area contributed by atoms with Gasteiger partial charge in [0.05, 0.1) is 6.54 Å². The van der Waals surface area contributed by atoms with Crippen LogP contribution in [0.1, 0.15) is 19.3 Å². The lowest BCUT2D eigenvalue weighted by atomic mass is 10.3. The van der Waals surface area contributed by atoms with Crippen LogP contribution in [0, 0.1) is 11.7 Å². The van der Waals surface area contributed by atoms with E-state index in [0.29, 0.717) is 18.9 Å². The minimum Gasteiger partial charge on any atom is -0.492 e. The van der Waals surface area contributed by atoms with Gasteiger partial charge in [0.25, 0.3) is 0 Å². The Bertz CT molecular complexity index is 498. The van der Waals surface area contributed by atoms with Gasteiger partial charge in [-0.25, -0.2) is 4.39 Å². The standard InChI is InChI=1S/C17H26FN3O2.HI/c1-19-17(20-8-3-10-22-13-14-6-7-14)21-9-11-23-16-5-2-4-15(18)12-16;/h2,4-5,12,14H,3,6-11,13H2,1H3,(H2,19,20,21);1H. The Balaban J connectivity index is 0.00000288. The third-order valence-electron chi connectivity index (χ3n) is 3.49. The molecule has 1 aromatic rings. The normalized spacial score (nSPS) is 14.0. The third kappa shape index (κ3) is 9.27. The second kappa shape index (κ2) is 12.3. The van der Waals surface area contributed by atoms with Crippen LogP contribution in [0.15, 0.2) is 29.3 Å². The van der Waals surface area contributed by atoms with Crippen molar-refractivity contribution in [3.8, 4) is 5.75 Å². The van der Waals surface area contributed by atoms with Crippen molar-refractivity contribution in [2.24, 2.45) is 10.9 Å². The van der Waals surface area contributed by atoms with Crippen LogP contribution in [0.3, 0.4) is 0 Å². The highest BCUT2D eigenvalue weighted by Gasteiger charge is 2.20. The molecule has 0 radical (unpaired) electrons. The molecule has 136 valence electrons. The van der Waals surface area contributed by atoms with Gasteiger partial charge in [0.2, 0.25) is 0 Å². The number of guanidine groups is 1. The molecule has 0 aromatic heterocycles. The molecule has 0 atom stereocenters. The Labute approximate surface area is 160 Å². The van der Waals surface area contributed by atoms with Gasteiger partial charge in [-0.2, -0.15) is 0 Å². The molecule has 0 aliphatic heterocycles. The lowest BCUT2D eigenvalue weighted by Crippen LogP contribution is -2.39. The first-order chi connectivity index (χ1) is 11.3. The second-order valence-corrected chi connectivity index (χ2v) is 5.60. The van der Waals surface area contributed by atoms with Crippen LogP contribution in [0.2, 0.25) is 0 Å². The second-order valence-electron chi connectivity index (χ2n) is 5.60. The molecule has 7 heteroatoms. The zero-order chi connectivity index (χ0) is 16.3. The summed E-state index contributed by atoms with van der Waals surface area (Å²) < 4.78 is 24.0. The summed E-state index contributed by atoms with van der Waals surface area (Å²) in [6.07, 6.45) is 3.60. The van der Waals surface area contributed by atoms with Crippen molar-refractivity contribution in [1.29, 1.82) is 0 Å². The molecule has 0 bridgehead atoms. The highest BCUT2D eigenvalue weighted by Crippen LogP contribution is 2.28. The molecule has 0 saturated heterocycles. The van der Waals surface area contributed by atoms with E-state index in [1.807, 2.05) is 0 Å². The molecular formula is C17H27FIN3O2. The smallest absolute Gasteiger partial charge is 0.191 e. The van der Waals surface area contributed by atoms with E-state index in [2.05, 4.69) is 15.6 Å². The van der Waals surface area contributed by atoms with E-state index in [1.54, 1.807) is 19.2 Å². The summed E-state index contributed by atoms with van der Waals surface area (Å²) in [6.45, 7) is 3.53. The van der Waals surface area contributed by atoms with Crippen molar-refractivity contribution in [2.75, 3.05) is 40.0 Å². The number of ether oxygens (including phenoxy) is 2. The van der Waals surface area contributed by atoms with Crippen LogP contribution in [-0.4, -0.2) is 45.9 Å². The zero-order valence-electron chi connectivity index (χ0n) is 14.1. The number of benzene rings is 1. The quantitative estimate of drug-likeness (QED) is 0.249. The summed E-state index contributed by atoms with van der Waals surface area (Å²) in [5.41, 5.74) is 0. The molecule has 2 N–H and O–H groups in total. The molecule has 5 nitrogen and oxygen atoms in total. The highest BCUT2D eigenvalue weighted by atomic mass is 127. The Morgan fingerprint density at radius 2 is 2.04 bits per heavy atom. The van der Waals surface area contributed by atoms with Crippen LogP contribution in [-0.2, 0) is 4.74 Å². The van der Waals surface area contributed by atoms with Crippen molar-refractivity contribution < 1.29 is 13.9 Å². The lowest BCUT2D eigenvalue weighted by Gasteiger charge is -2.12. The van der Waals surface area contributed by atoms with Crippen molar-refractivity contribution in [1.82, 2.24) is 10.6 Å². The van der Waals surface area contributed by atoms with Gasteiger partial charge >= 0.3 is 0 Å². The maximum absolute atomic E-state index is 13.0. The molecule has 24 heavy (non-hydrogen) atoms. The van der Waals surface area contributed by atoms with Gasteiger partial charge in [-0.15, -0.1) is 24.0 Å². The first kappa shape index (κ1) is 21.0. The Morgan fingerprint density at radius 3 is 2.75 bits per heavy atom.